The standard InChI is InChI=1S/C21H26N2O.ClH/c1-22-19-13-8-14-23(16-19)21(24)15-20(17-9-4-2-5-10-17)18-11-6-3-7-12-18;/h2-7,9-12,19-20,22H,8,13-16H2,1H3;1H. The van der Waals surface area contributed by atoms with Crippen LogP contribution >= 0.6 is 12.4 Å². The van der Waals surface area contributed by atoms with E-state index in [1.807, 2.05) is 48.3 Å². The van der Waals surface area contributed by atoms with Crippen molar-refractivity contribution in [1.82, 2.24) is 10.2 Å². The third kappa shape index (κ3) is 5.07. The van der Waals surface area contributed by atoms with E-state index in [0.29, 0.717) is 12.5 Å². The van der Waals surface area contributed by atoms with Crippen molar-refractivity contribution in [2.45, 2.75) is 31.2 Å². The van der Waals surface area contributed by atoms with Crippen LogP contribution in [-0.4, -0.2) is 37.0 Å². The molecule has 4 heteroatoms. The molecular weight excluding hydrogens is 332 g/mol. The molecule has 1 aliphatic rings. The van der Waals surface area contributed by atoms with Crippen molar-refractivity contribution in [1.29, 1.82) is 0 Å². The van der Waals surface area contributed by atoms with Crippen LogP contribution in [0.4, 0.5) is 0 Å². The van der Waals surface area contributed by atoms with Gasteiger partial charge in [0.15, 0.2) is 0 Å². The number of amides is 1. The second-order valence-corrected chi connectivity index (χ2v) is 6.55. The molecule has 1 saturated heterocycles. The van der Waals surface area contributed by atoms with Gasteiger partial charge in [0.05, 0.1) is 0 Å². The number of likely N-dealkylation sites (tertiary alicyclic amines) is 1. The number of likely N-dealkylation sites (N-methyl/N-ethyl adjacent to an activating group) is 1. The first kappa shape index (κ1) is 19.5. The van der Waals surface area contributed by atoms with Crippen LogP contribution in [0, 0.1) is 0 Å². The predicted molar refractivity (Wildman–Crippen MR) is 105 cm³/mol. The lowest BCUT2D eigenvalue weighted by Crippen LogP contribution is -2.47. The Morgan fingerprint density at radius 2 is 1.64 bits per heavy atom. The molecule has 1 amide bonds. The molecule has 134 valence electrons. The molecular formula is C21H27ClN2O. The van der Waals surface area contributed by atoms with E-state index in [-0.39, 0.29) is 24.2 Å². The van der Waals surface area contributed by atoms with Gasteiger partial charge in [0.25, 0.3) is 0 Å². The number of rotatable bonds is 5. The van der Waals surface area contributed by atoms with E-state index in [0.717, 1.165) is 25.9 Å². The zero-order valence-electron chi connectivity index (χ0n) is 14.7. The van der Waals surface area contributed by atoms with E-state index in [2.05, 4.69) is 29.6 Å². The molecule has 2 aromatic carbocycles. The maximum atomic E-state index is 12.9. The third-order valence-corrected chi connectivity index (χ3v) is 4.96. The summed E-state index contributed by atoms with van der Waals surface area (Å²) in [5.74, 6) is 0.377. The number of nitrogens with zero attached hydrogens (tertiary/aromatic N) is 1. The van der Waals surface area contributed by atoms with Gasteiger partial charge in [-0.15, -0.1) is 12.4 Å². The van der Waals surface area contributed by atoms with Gasteiger partial charge in [-0.05, 0) is 31.0 Å². The minimum atomic E-state index is 0. The van der Waals surface area contributed by atoms with Crippen LogP contribution in [-0.2, 0) is 4.79 Å². The highest BCUT2D eigenvalue weighted by atomic mass is 35.5. The van der Waals surface area contributed by atoms with Gasteiger partial charge in [0, 0.05) is 31.5 Å². The number of carbonyl (C=O) groups excluding carboxylic acids is 1. The molecule has 1 atom stereocenters. The fraction of sp³-hybridized carbons (Fsp3) is 0.381. The number of hydrogen-bond acceptors (Lipinski definition) is 2. The fourth-order valence-electron chi connectivity index (χ4n) is 3.54. The molecule has 0 saturated carbocycles. The van der Waals surface area contributed by atoms with Crippen molar-refractivity contribution in [2.75, 3.05) is 20.1 Å². The van der Waals surface area contributed by atoms with E-state index < -0.39 is 0 Å². The summed E-state index contributed by atoms with van der Waals surface area (Å²) >= 11 is 0. The Kier molecular flexibility index (Phi) is 7.48. The Morgan fingerprint density at radius 1 is 1.08 bits per heavy atom. The summed E-state index contributed by atoms with van der Waals surface area (Å²) < 4.78 is 0. The van der Waals surface area contributed by atoms with Crippen molar-refractivity contribution < 1.29 is 4.79 Å². The Hall–Kier alpha value is -1.84. The Morgan fingerprint density at radius 3 is 2.16 bits per heavy atom. The zero-order chi connectivity index (χ0) is 16.8. The summed E-state index contributed by atoms with van der Waals surface area (Å²) in [6.07, 6.45) is 2.77. The van der Waals surface area contributed by atoms with E-state index in [4.69, 9.17) is 0 Å². The molecule has 25 heavy (non-hydrogen) atoms. The fourth-order valence-corrected chi connectivity index (χ4v) is 3.54. The second-order valence-electron chi connectivity index (χ2n) is 6.55. The third-order valence-electron chi connectivity index (χ3n) is 4.96. The Bertz CT molecular complexity index is 608. The highest BCUT2D eigenvalue weighted by Crippen LogP contribution is 2.29. The summed E-state index contributed by atoms with van der Waals surface area (Å²) in [5, 5.41) is 3.31. The van der Waals surface area contributed by atoms with Crippen molar-refractivity contribution in [3.05, 3.63) is 71.8 Å². The SMILES string of the molecule is CNC1CCCN(C(=O)CC(c2ccccc2)c2ccccc2)C1.Cl. The molecule has 1 heterocycles. The van der Waals surface area contributed by atoms with Gasteiger partial charge < -0.3 is 10.2 Å². The molecule has 1 fully saturated rings. The largest absolute Gasteiger partial charge is 0.341 e. The molecule has 0 spiro atoms. The molecule has 3 nitrogen and oxygen atoms in total. The van der Waals surface area contributed by atoms with Gasteiger partial charge in [-0.3, -0.25) is 4.79 Å². The van der Waals surface area contributed by atoms with Gasteiger partial charge >= 0.3 is 0 Å². The number of benzene rings is 2. The lowest BCUT2D eigenvalue weighted by Gasteiger charge is -2.33. The second kappa shape index (κ2) is 9.59. The number of halogens is 1. The van der Waals surface area contributed by atoms with Crippen LogP contribution in [0.3, 0.4) is 0 Å². The summed E-state index contributed by atoms with van der Waals surface area (Å²) in [6.45, 7) is 1.71. The Balaban J connectivity index is 0.00000225. The summed E-state index contributed by atoms with van der Waals surface area (Å²) in [5.41, 5.74) is 2.42. The van der Waals surface area contributed by atoms with E-state index in [1.165, 1.54) is 11.1 Å². The van der Waals surface area contributed by atoms with Crippen LogP contribution in [0.5, 0.6) is 0 Å². The highest BCUT2D eigenvalue weighted by molar-refractivity contribution is 5.85. The van der Waals surface area contributed by atoms with E-state index >= 15 is 0 Å². The van der Waals surface area contributed by atoms with E-state index in [9.17, 15) is 4.79 Å². The molecule has 0 aliphatic carbocycles. The molecule has 0 radical (unpaired) electrons. The van der Waals surface area contributed by atoms with Crippen LogP contribution < -0.4 is 5.32 Å². The van der Waals surface area contributed by atoms with Crippen LogP contribution in [0.1, 0.15) is 36.3 Å². The normalized spacial score (nSPS) is 17.2. The average Bonchev–Trinajstić information content (AvgIpc) is 2.67. The molecule has 1 aliphatic heterocycles. The van der Waals surface area contributed by atoms with Gasteiger partial charge in [0.1, 0.15) is 0 Å². The monoisotopic (exact) mass is 358 g/mol. The molecule has 2 aromatic rings. The van der Waals surface area contributed by atoms with Gasteiger partial charge in [-0.1, -0.05) is 60.7 Å². The average molecular weight is 359 g/mol. The molecule has 1 unspecified atom stereocenters. The first-order valence-corrected chi connectivity index (χ1v) is 8.83. The van der Waals surface area contributed by atoms with Crippen LogP contribution in [0.15, 0.2) is 60.7 Å². The maximum Gasteiger partial charge on any atom is 0.223 e. The number of piperidine rings is 1. The predicted octanol–water partition coefficient (Wildman–Crippen LogP) is 3.84. The van der Waals surface area contributed by atoms with Gasteiger partial charge in [0.2, 0.25) is 5.91 Å². The minimum Gasteiger partial charge on any atom is -0.341 e. The molecule has 0 aromatic heterocycles. The van der Waals surface area contributed by atoms with Crippen molar-refractivity contribution in [3.63, 3.8) is 0 Å². The first-order chi connectivity index (χ1) is 11.8. The summed E-state index contributed by atoms with van der Waals surface area (Å²) in [7, 11) is 1.98. The molecule has 0 bridgehead atoms. The van der Waals surface area contributed by atoms with Crippen LogP contribution in [0.25, 0.3) is 0 Å². The smallest absolute Gasteiger partial charge is 0.223 e. The zero-order valence-corrected chi connectivity index (χ0v) is 15.5. The lowest BCUT2D eigenvalue weighted by atomic mass is 9.88. The number of hydrogen-bond donors (Lipinski definition) is 1. The number of carbonyl (C=O) groups is 1. The maximum absolute atomic E-state index is 12.9. The highest BCUT2D eigenvalue weighted by Gasteiger charge is 2.26. The van der Waals surface area contributed by atoms with Crippen LogP contribution in [0.2, 0.25) is 0 Å². The number of nitrogens with one attached hydrogen (secondary N) is 1. The summed E-state index contributed by atoms with van der Waals surface area (Å²) in [4.78, 5) is 14.9. The Labute approximate surface area is 156 Å². The quantitative estimate of drug-likeness (QED) is 0.880. The lowest BCUT2D eigenvalue weighted by molar-refractivity contribution is -0.132. The van der Waals surface area contributed by atoms with Gasteiger partial charge in [-0.2, -0.15) is 0 Å². The molecule has 3 rings (SSSR count). The minimum absolute atomic E-state index is 0. The molecule has 1 N–H and O–H groups in total. The first-order valence-electron chi connectivity index (χ1n) is 8.83. The topological polar surface area (TPSA) is 32.3 Å². The van der Waals surface area contributed by atoms with Gasteiger partial charge in [-0.25, -0.2) is 0 Å². The summed E-state index contributed by atoms with van der Waals surface area (Å²) in [6, 6.07) is 21.2. The van der Waals surface area contributed by atoms with Crippen molar-refractivity contribution >= 4 is 18.3 Å². The van der Waals surface area contributed by atoms with E-state index in [1.54, 1.807) is 0 Å². The van der Waals surface area contributed by atoms with Crippen molar-refractivity contribution in [3.8, 4) is 0 Å². The van der Waals surface area contributed by atoms with Crippen molar-refractivity contribution in [2.24, 2.45) is 0 Å².